The highest BCUT2D eigenvalue weighted by Crippen LogP contribution is 2.36. The number of nitrogens with zero attached hydrogens (tertiary/aromatic N) is 1. The minimum Gasteiger partial charge on any atom is -0.444 e. The Hall–Kier alpha value is -0.910. The van der Waals surface area contributed by atoms with E-state index in [2.05, 4.69) is 0 Å². The van der Waals surface area contributed by atoms with Gasteiger partial charge in [0.05, 0.1) is 12.6 Å². The third-order valence-corrected chi connectivity index (χ3v) is 4.20. The molecule has 0 radical (unpaired) electrons. The molecule has 1 atom stereocenters. The van der Waals surface area contributed by atoms with Gasteiger partial charge in [0.1, 0.15) is 5.60 Å². The van der Waals surface area contributed by atoms with Gasteiger partial charge in [-0.25, -0.2) is 13.6 Å². The SMILES string of the molecule is CC(C)(C)OC(=O)N1CCC(OCC2CCC(F)(F)CC2)C1. The minimum atomic E-state index is -2.49. The Morgan fingerprint density at radius 2 is 1.86 bits per heavy atom. The summed E-state index contributed by atoms with van der Waals surface area (Å²) in [4.78, 5) is 13.6. The van der Waals surface area contributed by atoms with Gasteiger partial charge in [0.15, 0.2) is 0 Å². The van der Waals surface area contributed by atoms with Crippen LogP contribution in [0.3, 0.4) is 0 Å². The minimum absolute atomic E-state index is 0.00467. The highest BCUT2D eigenvalue weighted by atomic mass is 19.3. The number of amides is 1. The van der Waals surface area contributed by atoms with Gasteiger partial charge in [-0.1, -0.05) is 0 Å². The number of rotatable bonds is 3. The molecule has 6 heteroatoms. The van der Waals surface area contributed by atoms with Gasteiger partial charge in [-0.15, -0.1) is 0 Å². The van der Waals surface area contributed by atoms with Crippen LogP contribution in [-0.4, -0.2) is 48.3 Å². The zero-order chi connectivity index (χ0) is 16.4. The third-order valence-electron chi connectivity index (χ3n) is 4.20. The van der Waals surface area contributed by atoms with E-state index in [1.54, 1.807) is 4.90 Å². The maximum atomic E-state index is 13.1. The third kappa shape index (κ3) is 5.38. The second kappa shape index (κ2) is 6.69. The Morgan fingerprint density at radius 3 is 2.45 bits per heavy atom. The number of hydrogen-bond donors (Lipinski definition) is 0. The molecule has 1 aliphatic carbocycles. The molecule has 1 amide bonds. The molecule has 0 aromatic rings. The molecule has 1 saturated heterocycles. The second-order valence-corrected chi connectivity index (χ2v) is 7.47. The van der Waals surface area contributed by atoms with Crippen molar-refractivity contribution in [1.82, 2.24) is 4.90 Å². The van der Waals surface area contributed by atoms with Gasteiger partial charge in [-0.2, -0.15) is 0 Å². The molecule has 1 unspecified atom stereocenters. The van der Waals surface area contributed by atoms with Gasteiger partial charge in [-0.05, 0) is 46.0 Å². The molecule has 4 nitrogen and oxygen atoms in total. The van der Waals surface area contributed by atoms with Crippen LogP contribution in [0.5, 0.6) is 0 Å². The average Bonchev–Trinajstić information content (AvgIpc) is 2.84. The van der Waals surface area contributed by atoms with Crippen LogP contribution in [-0.2, 0) is 9.47 Å². The smallest absolute Gasteiger partial charge is 0.410 e. The lowest BCUT2D eigenvalue weighted by Crippen LogP contribution is -2.36. The van der Waals surface area contributed by atoms with Crippen LogP contribution in [0.1, 0.15) is 52.9 Å². The molecular formula is C16H27F2NO3. The number of carbonyl (C=O) groups is 1. The van der Waals surface area contributed by atoms with Gasteiger partial charge in [0, 0.05) is 26.0 Å². The van der Waals surface area contributed by atoms with Crippen molar-refractivity contribution >= 4 is 6.09 Å². The summed E-state index contributed by atoms with van der Waals surface area (Å²) >= 11 is 0. The number of carbonyl (C=O) groups excluding carboxylic acids is 1. The summed E-state index contributed by atoms with van der Waals surface area (Å²) in [6.07, 6.45) is 1.45. The molecule has 1 aliphatic heterocycles. The van der Waals surface area contributed by atoms with Gasteiger partial charge in [-0.3, -0.25) is 0 Å². The molecule has 2 aliphatic rings. The number of ether oxygens (including phenoxy) is 2. The quantitative estimate of drug-likeness (QED) is 0.793. The second-order valence-electron chi connectivity index (χ2n) is 7.47. The van der Waals surface area contributed by atoms with Gasteiger partial charge in [0.25, 0.3) is 0 Å². The highest BCUT2D eigenvalue weighted by molar-refractivity contribution is 5.68. The Labute approximate surface area is 131 Å². The number of likely N-dealkylation sites (tertiary alicyclic amines) is 1. The maximum Gasteiger partial charge on any atom is 0.410 e. The molecule has 0 spiro atoms. The molecular weight excluding hydrogens is 292 g/mol. The standard InChI is InChI=1S/C16H27F2NO3/c1-15(2,3)22-14(20)19-9-6-13(10-19)21-11-12-4-7-16(17,18)8-5-12/h12-13H,4-11H2,1-3H3. The summed E-state index contributed by atoms with van der Waals surface area (Å²) in [7, 11) is 0. The van der Waals surface area contributed by atoms with E-state index in [0.717, 1.165) is 6.42 Å². The normalized spacial score (nSPS) is 26.2. The Kier molecular flexibility index (Phi) is 5.30. The molecule has 1 heterocycles. The summed E-state index contributed by atoms with van der Waals surface area (Å²) in [5.74, 6) is -2.27. The van der Waals surface area contributed by atoms with Gasteiger partial charge in [0.2, 0.25) is 5.92 Å². The van der Waals surface area contributed by atoms with Crippen LogP contribution in [0.15, 0.2) is 0 Å². The average molecular weight is 319 g/mol. The van der Waals surface area contributed by atoms with Crippen molar-refractivity contribution in [3.8, 4) is 0 Å². The molecule has 2 fully saturated rings. The van der Waals surface area contributed by atoms with Crippen LogP contribution >= 0.6 is 0 Å². The lowest BCUT2D eigenvalue weighted by molar-refractivity contribution is -0.0618. The largest absolute Gasteiger partial charge is 0.444 e. The molecule has 128 valence electrons. The molecule has 2 rings (SSSR count). The molecule has 22 heavy (non-hydrogen) atoms. The van der Waals surface area contributed by atoms with E-state index < -0.39 is 11.5 Å². The van der Waals surface area contributed by atoms with E-state index in [-0.39, 0.29) is 31.0 Å². The van der Waals surface area contributed by atoms with Crippen molar-refractivity contribution in [1.29, 1.82) is 0 Å². The fraction of sp³-hybridized carbons (Fsp3) is 0.938. The predicted molar refractivity (Wildman–Crippen MR) is 79.1 cm³/mol. The van der Waals surface area contributed by atoms with Crippen LogP contribution in [0, 0.1) is 5.92 Å². The van der Waals surface area contributed by atoms with Crippen molar-refractivity contribution in [3.05, 3.63) is 0 Å². The zero-order valence-electron chi connectivity index (χ0n) is 13.7. The Balaban J connectivity index is 1.68. The molecule has 0 aromatic carbocycles. The number of hydrogen-bond acceptors (Lipinski definition) is 3. The first-order valence-electron chi connectivity index (χ1n) is 8.12. The fourth-order valence-corrected chi connectivity index (χ4v) is 2.90. The first kappa shape index (κ1) is 17.4. The number of halogens is 2. The zero-order valence-corrected chi connectivity index (χ0v) is 13.7. The number of alkyl halides is 2. The highest BCUT2D eigenvalue weighted by Gasteiger charge is 2.36. The summed E-state index contributed by atoms with van der Waals surface area (Å²) in [6, 6.07) is 0. The van der Waals surface area contributed by atoms with E-state index in [4.69, 9.17) is 9.47 Å². The fourth-order valence-electron chi connectivity index (χ4n) is 2.90. The summed E-state index contributed by atoms with van der Waals surface area (Å²) < 4.78 is 37.4. The van der Waals surface area contributed by atoms with Gasteiger partial charge >= 0.3 is 6.09 Å². The van der Waals surface area contributed by atoms with Crippen molar-refractivity contribution in [2.24, 2.45) is 5.92 Å². The van der Waals surface area contributed by atoms with Crippen LogP contribution in [0.2, 0.25) is 0 Å². The lowest BCUT2D eigenvalue weighted by atomic mass is 9.87. The first-order chi connectivity index (χ1) is 10.1. The van der Waals surface area contributed by atoms with E-state index in [1.807, 2.05) is 20.8 Å². The van der Waals surface area contributed by atoms with E-state index in [9.17, 15) is 13.6 Å². The van der Waals surface area contributed by atoms with Crippen molar-refractivity contribution in [2.75, 3.05) is 19.7 Å². The van der Waals surface area contributed by atoms with E-state index in [0.29, 0.717) is 32.5 Å². The van der Waals surface area contributed by atoms with Crippen LogP contribution < -0.4 is 0 Å². The Morgan fingerprint density at radius 1 is 1.23 bits per heavy atom. The first-order valence-corrected chi connectivity index (χ1v) is 8.12. The van der Waals surface area contributed by atoms with Crippen molar-refractivity contribution < 1.29 is 23.0 Å². The molecule has 0 N–H and O–H groups in total. The van der Waals surface area contributed by atoms with Crippen molar-refractivity contribution in [3.63, 3.8) is 0 Å². The predicted octanol–water partition coefficient (Wildman–Crippen LogP) is 3.84. The lowest BCUT2D eigenvalue weighted by Gasteiger charge is -2.29. The van der Waals surface area contributed by atoms with Gasteiger partial charge < -0.3 is 14.4 Å². The summed E-state index contributed by atoms with van der Waals surface area (Å²) in [5.41, 5.74) is -0.497. The topological polar surface area (TPSA) is 38.8 Å². The molecule has 0 bridgehead atoms. The van der Waals surface area contributed by atoms with E-state index in [1.165, 1.54) is 0 Å². The Bertz CT molecular complexity index is 385. The molecule has 1 saturated carbocycles. The van der Waals surface area contributed by atoms with Crippen LogP contribution in [0.25, 0.3) is 0 Å². The monoisotopic (exact) mass is 319 g/mol. The van der Waals surface area contributed by atoms with Crippen LogP contribution in [0.4, 0.5) is 13.6 Å². The van der Waals surface area contributed by atoms with Crippen molar-refractivity contribution in [2.45, 2.75) is 70.5 Å². The molecule has 0 aromatic heterocycles. The maximum absolute atomic E-state index is 13.1. The summed E-state index contributed by atoms with van der Waals surface area (Å²) in [5, 5.41) is 0. The summed E-state index contributed by atoms with van der Waals surface area (Å²) in [6.45, 7) is 7.19. The van der Waals surface area contributed by atoms with E-state index >= 15 is 0 Å².